The van der Waals surface area contributed by atoms with Crippen molar-refractivity contribution in [2.45, 2.75) is 71.9 Å². The number of carbonyl (C=O) groups excluding carboxylic acids is 2. The monoisotopic (exact) mass is 268 g/mol. The molecule has 4 nitrogen and oxygen atoms in total. The van der Waals surface area contributed by atoms with Gasteiger partial charge in [0.15, 0.2) is 0 Å². The van der Waals surface area contributed by atoms with Gasteiger partial charge in [0.1, 0.15) is 11.6 Å². The molecular weight excluding hydrogens is 240 g/mol. The van der Waals surface area contributed by atoms with Crippen LogP contribution in [0.1, 0.15) is 60.3 Å². The van der Waals surface area contributed by atoms with Gasteiger partial charge in [-0.3, -0.25) is 9.59 Å². The highest BCUT2D eigenvalue weighted by molar-refractivity contribution is 5.99. The number of piperazine rings is 1. The Labute approximate surface area is 116 Å². The van der Waals surface area contributed by atoms with E-state index in [1.54, 1.807) is 0 Å². The van der Waals surface area contributed by atoms with Crippen molar-refractivity contribution >= 4 is 11.8 Å². The van der Waals surface area contributed by atoms with E-state index in [4.69, 9.17) is 0 Å². The van der Waals surface area contributed by atoms with Gasteiger partial charge in [-0.2, -0.15) is 0 Å². The van der Waals surface area contributed by atoms with Gasteiger partial charge in [-0.1, -0.05) is 40.5 Å². The lowest BCUT2D eigenvalue weighted by Crippen LogP contribution is -2.69. The molecule has 0 aromatic rings. The molecule has 1 saturated heterocycles. The van der Waals surface area contributed by atoms with Crippen molar-refractivity contribution < 1.29 is 9.59 Å². The van der Waals surface area contributed by atoms with Gasteiger partial charge < -0.3 is 10.2 Å². The molecule has 110 valence electrons. The second kappa shape index (κ2) is 6.40. The third kappa shape index (κ3) is 2.93. The second-order valence-electron chi connectivity index (χ2n) is 5.69. The van der Waals surface area contributed by atoms with E-state index in [0.717, 1.165) is 12.8 Å². The summed E-state index contributed by atoms with van der Waals surface area (Å²) in [6.45, 7) is 10.8. The minimum atomic E-state index is -0.689. The molecule has 0 saturated carbocycles. The van der Waals surface area contributed by atoms with Gasteiger partial charge in [-0.15, -0.1) is 0 Å². The van der Waals surface area contributed by atoms with Crippen molar-refractivity contribution in [2.24, 2.45) is 5.92 Å². The summed E-state index contributed by atoms with van der Waals surface area (Å²) in [6.07, 6.45) is 3.39. The number of nitrogens with one attached hydrogen (secondary N) is 1. The molecule has 1 aliphatic heterocycles. The van der Waals surface area contributed by atoms with Crippen molar-refractivity contribution in [3.05, 3.63) is 0 Å². The molecule has 0 radical (unpaired) electrons. The first-order valence-electron chi connectivity index (χ1n) is 7.56. The average Bonchev–Trinajstić information content (AvgIpc) is 2.43. The average molecular weight is 268 g/mol. The van der Waals surface area contributed by atoms with E-state index in [9.17, 15) is 9.59 Å². The lowest BCUT2D eigenvalue weighted by Gasteiger charge is -2.47. The van der Waals surface area contributed by atoms with Crippen molar-refractivity contribution in [1.29, 1.82) is 0 Å². The maximum Gasteiger partial charge on any atom is 0.246 e. The number of amides is 2. The molecule has 0 spiro atoms. The lowest BCUT2D eigenvalue weighted by molar-refractivity contribution is -0.157. The fourth-order valence-corrected chi connectivity index (χ4v) is 2.65. The van der Waals surface area contributed by atoms with Crippen LogP contribution >= 0.6 is 0 Å². The van der Waals surface area contributed by atoms with Crippen LogP contribution in [0.3, 0.4) is 0 Å². The van der Waals surface area contributed by atoms with Crippen molar-refractivity contribution in [3.8, 4) is 0 Å². The van der Waals surface area contributed by atoms with E-state index < -0.39 is 5.54 Å². The van der Waals surface area contributed by atoms with Gasteiger partial charge in [0.25, 0.3) is 0 Å². The largest absolute Gasteiger partial charge is 0.342 e. The Morgan fingerprint density at radius 3 is 2.21 bits per heavy atom. The SMILES string of the molecule is CCC(CC)CN1C(=O)C(CC)NC(=O)C1(C)CC. The lowest BCUT2D eigenvalue weighted by atomic mass is 9.88. The molecule has 0 aromatic carbocycles. The highest BCUT2D eigenvalue weighted by atomic mass is 16.2. The summed E-state index contributed by atoms with van der Waals surface area (Å²) < 4.78 is 0. The normalized spacial score (nSPS) is 27.9. The van der Waals surface area contributed by atoms with Crippen molar-refractivity contribution in [3.63, 3.8) is 0 Å². The van der Waals surface area contributed by atoms with Gasteiger partial charge in [-0.25, -0.2) is 0 Å². The summed E-state index contributed by atoms with van der Waals surface area (Å²) >= 11 is 0. The smallest absolute Gasteiger partial charge is 0.246 e. The summed E-state index contributed by atoms with van der Waals surface area (Å²) in [5.74, 6) is 0.545. The Hall–Kier alpha value is -1.06. The quantitative estimate of drug-likeness (QED) is 0.803. The molecule has 2 atom stereocenters. The Kier molecular flexibility index (Phi) is 5.39. The topological polar surface area (TPSA) is 49.4 Å². The molecule has 4 heteroatoms. The number of hydrogen-bond donors (Lipinski definition) is 1. The number of hydrogen-bond acceptors (Lipinski definition) is 2. The fraction of sp³-hybridized carbons (Fsp3) is 0.867. The van der Waals surface area contributed by atoms with Crippen LogP contribution in [0, 0.1) is 5.92 Å². The van der Waals surface area contributed by atoms with E-state index in [1.807, 2.05) is 25.7 Å². The van der Waals surface area contributed by atoms with E-state index in [0.29, 0.717) is 25.3 Å². The summed E-state index contributed by atoms with van der Waals surface area (Å²) in [6, 6.07) is -0.346. The summed E-state index contributed by atoms with van der Waals surface area (Å²) in [4.78, 5) is 26.7. The van der Waals surface area contributed by atoms with Crippen LogP contribution in [0.5, 0.6) is 0 Å². The van der Waals surface area contributed by atoms with Crippen LogP contribution in [-0.4, -0.2) is 34.8 Å². The van der Waals surface area contributed by atoms with Gasteiger partial charge in [0.05, 0.1) is 0 Å². The standard InChI is InChI=1S/C15H28N2O2/c1-6-11(7-2)10-17-13(18)12(8-3)16-14(19)15(17,5)9-4/h11-12H,6-10H2,1-5H3,(H,16,19). The molecule has 0 aromatic heterocycles. The molecular formula is C15H28N2O2. The molecule has 1 aliphatic rings. The number of carbonyl (C=O) groups is 2. The highest BCUT2D eigenvalue weighted by Gasteiger charge is 2.47. The molecule has 1 fully saturated rings. The van der Waals surface area contributed by atoms with E-state index >= 15 is 0 Å². The molecule has 19 heavy (non-hydrogen) atoms. The number of rotatable bonds is 6. The molecule has 2 amide bonds. The first-order chi connectivity index (χ1) is 8.94. The second-order valence-corrected chi connectivity index (χ2v) is 5.69. The van der Waals surface area contributed by atoms with Crippen LogP contribution in [0.15, 0.2) is 0 Å². The Morgan fingerprint density at radius 1 is 1.21 bits per heavy atom. The van der Waals surface area contributed by atoms with Crippen LogP contribution in [-0.2, 0) is 9.59 Å². The summed E-state index contributed by atoms with van der Waals surface area (Å²) in [7, 11) is 0. The van der Waals surface area contributed by atoms with E-state index in [-0.39, 0.29) is 17.9 Å². The Balaban J connectivity index is 3.02. The predicted octanol–water partition coefficient (Wildman–Crippen LogP) is 2.33. The van der Waals surface area contributed by atoms with Crippen LogP contribution in [0.2, 0.25) is 0 Å². The Bertz CT molecular complexity index is 339. The Morgan fingerprint density at radius 2 is 1.79 bits per heavy atom. The third-order valence-corrected chi connectivity index (χ3v) is 4.65. The molecule has 1 heterocycles. The van der Waals surface area contributed by atoms with E-state index in [2.05, 4.69) is 19.2 Å². The van der Waals surface area contributed by atoms with Gasteiger partial charge in [-0.05, 0) is 25.7 Å². The molecule has 2 unspecified atom stereocenters. The van der Waals surface area contributed by atoms with Gasteiger partial charge in [0.2, 0.25) is 11.8 Å². The highest BCUT2D eigenvalue weighted by Crippen LogP contribution is 2.28. The summed E-state index contributed by atoms with van der Waals surface area (Å²) in [5, 5.41) is 2.87. The minimum Gasteiger partial charge on any atom is -0.342 e. The van der Waals surface area contributed by atoms with Crippen LogP contribution in [0.25, 0.3) is 0 Å². The summed E-state index contributed by atoms with van der Waals surface area (Å²) in [5.41, 5.74) is -0.689. The first kappa shape index (κ1) is 16.0. The number of nitrogens with zero attached hydrogens (tertiary/aromatic N) is 1. The maximum atomic E-state index is 12.6. The van der Waals surface area contributed by atoms with Gasteiger partial charge >= 0.3 is 0 Å². The fourth-order valence-electron chi connectivity index (χ4n) is 2.65. The van der Waals surface area contributed by atoms with Crippen LogP contribution in [0.4, 0.5) is 0 Å². The van der Waals surface area contributed by atoms with Crippen molar-refractivity contribution in [2.75, 3.05) is 6.54 Å². The van der Waals surface area contributed by atoms with Crippen LogP contribution < -0.4 is 5.32 Å². The molecule has 1 N–H and O–H groups in total. The predicted molar refractivity (Wildman–Crippen MR) is 76.7 cm³/mol. The first-order valence-corrected chi connectivity index (χ1v) is 7.56. The zero-order valence-electron chi connectivity index (χ0n) is 13.0. The van der Waals surface area contributed by atoms with Crippen molar-refractivity contribution in [1.82, 2.24) is 10.2 Å². The van der Waals surface area contributed by atoms with Gasteiger partial charge in [0, 0.05) is 6.54 Å². The third-order valence-electron chi connectivity index (χ3n) is 4.65. The van der Waals surface area contributed by atoms with E-state index in [1.165, 1.54) is 0 Å². The molecule has 0 aliphatic carbocycles. The minimum absolute atomic E-state index is 0.00703. The zero-order chi connectivity index (χ0) is 14.6. The zero-order valence-corrected chi connectivity index (χ0v) is 13.0. The molecule has 1 rings (SSSR count). The maximum absolute atomic E-state index is 12.6. The molecule has 0 bridgehead atoms.